The van der Waals surface area contributed by atoms with E-state index in [-0.39, 0.29) is 23.3 Å². The van der Waals surface area contributed by atoms with Gasteiger partial charge in [-0.2, -0.15) is 0 Å². The first-order valence-corrected chi connectivity index (χ1v) is 8.08. The highest BCUT2D eigenvalue weighted by atomic mass is 16.5. The second-order valence-electron chi connectivity index (χ2n) is 5.70. The number of hydrogen-bond donors (Lipinski definition) is 1. The zero-order chi connectivity index (χ0) is 17.5. The van der Waals surface area contributed by atoms with Crippen LogP contribution in [0.1, 0.15) is 51.6 Å². The van der Waals surface area contributed by atoms with E-state index in [2.05, 4.69) is 6.92 Å². The van der Waals surface area contributed by atoms with Crippen LogP contribution in [0.4, 0.5) is 0 Å². The number of carbonyl (C=O) groups excluding carboxylic acids is 1. The van der Waals surface area contributed by atoms with Gasteiger partial charge in [0.15, 0.2) is 5.78 Å². The summed E-state index contributed by atoms with van der Waals surface area (Å²) in [5, 5.41) is 9.21. The molecule has 4 nitrogen and oxygen atoms in total. The van der Waals surface area contributed by atoms with Gasteiger partial charge in [0.05, 0.1) is 12.7 Å². The molecule has 0 aliphatic heterocycles. The van der Waals surface area contributed by atoms with Crippen molar-refractivity contribution >= 4 is 11.8 Å². The van der Waals surface area contributed by atoms with Gasteiger partial charge >= 0.3 is 5.97 Å². The number of carbonyl (C=O) groups is 2. The number of benzene rings is 2. The van der Waals surface area contributed by atoms with Crippen LogP contribution in [0.3, 0.4) is 0 Å². The van der Waals surface area contributed by atoms with Crippen LogP contribution in [-0.4, -0.2) is 24.0 Å². The molecule has 1 N–H and O–H groups in total. The van der Waals surface area contributed by atoms with E-state index in [9.17, 15) is 14.7 Å². The highest BCUT2D eigenvalue weighted by Crippen LogP contribution is 2.23. The number of carboxylic acids is 1. The quantitative estimate of drug-likeness (QED) is 0.740. The highest BCUT2D eigenvalue weighted by molar-refractivity contribution is 6.06. The van der Waals surface area contributed by atoms with Crippen molar-refractivity contribution in [1.29, 1.82) is 0 Å². The number of unbranched alkanes of at least 4 members (excludes halogenated alkanes) is 1. The summed E-state index contributed by atoms with van der Waals surface area (Å²) in [6.07, 6.45) is 3.28. The second kappa shape index (κ2) is 8.29. The van der Waals surface area contributed by atoms with E-state index in [1.807, 2.05) is 18.2 Å². The predicted molar refractivity (Wildman–Crippen MR) is 93.0 cm³/mol. The molecule has 0 spiro atoms. The van der Waals surface area contributed by atoms with Crippen LogP contribution in [0.25, 0.3) is 0 Å². The molecule has 2 rings (SSSR count). The lowest BCUT2D eigenvalue weighted by Gasteiger charge is -2.11. The molecule has 4 heteroatoms. The van der Waals surface area contributed by atoms with Gasteiger partial charge in [-0.05, 0) is 36.1 Å². The maximum atomic E-state index is 12.5. The minimum Gasteiger partial charge on any atom is -0.496 e. The molecule has 0 bridgehead atoms. The summed E-state index contributed by atoms with van der Waals surface area (Å²) in [7, 11) is 1.62. The van der Waals surface area contributed by atoms with E-state index in [1.54, 1.807) is 25.3 Å². The average molecular weight is 326 g/mol. The van der Waals surface area contributed by atoms with Crippen LogP contribution in [0.2, 0.25) is 0 Å². The molecule has 126 valence electrons. The van der Waals surface area contributed by atoms with Crippen molar-refractivity contribution in [3.63, 3.8) is 0 Å². The Labute approximate surface area is 142 Å². The smallest absolute Gasteiger partial charge is 0.336 e. The van der Waals surface area contributed by atoms with E-state index in [0.29, 0.717) is 0 Å². The average Bonchev–Trinajstić information content (AvgIpc) is 2.60. The van der Waals surface area contributed by atoms with Crippen molar-refractivity contribution < 1.29 is 19.4 Å². The SMILES string of the molecule is CCCCc1ccc(CC(=O)c2ccccc2C(=O)O)cc1OC. The van der Waals surface area contributed by atoms with Gasteiger partial charge in [-0.25, -0.2) is 4.79 Å². The van der Waals surface area contributed by atoms with Crippen molar-refractivity contribution in [1.82, 2.24) is 0 Å². The monoisotopic (exact) mass is 326 g/mol. The highest BCUT2D eigenvalue weighted by Gasteiger charge is 2.16. The summed E-state index contributed by atoms with van der Waals surface area (Å²) < 4.78 is 5.43. The third kappa shape index (κ3) is 4.22. The zero-order valence-electron chi connectivity index (χ0n) is 14.0. The summed E-state index contributed by atoms with van der Waals surface area (Å²) >= 11 is 0. The van der Waals surface area contributed by atoms with E-state index in [1.165, 1.54) is 6.07 Å². The zero-order valence-corrected chi connectivity index (χ0v) is 14.0. The molecule has 2 aromatic carbocycles. The molecule has 0 fully saturated rings. The standard InChI is InChI=1S/C20H22O4/c1-3-4-7-15-11-10-14(13-19(15)24-2)12-18(21)16-8-5-6-9-17(16)20(22)23/h5-6,8-11,13H,3-4,7,12H2,1-2H3,(H,22,23). The number of rotatable bonds is 8. The molecule has 0 aromatic heterocycles. The van der Waals surface area contributed by atoms with Gasteiger partial charge < -0.3 is 9.84 Å². The van der Waals surface area contributed by atoms with E-state index < -0.39 is 5.97 Å². The minimum atomic E-state index is -1.09. The van der Waals surface area contributed by atoms with Gasteiger partial charge in [-0.3, -0.25) is 4.79 Å². The number of hydrogen-bond acceptors (Lipinski definition) is 3. The Hall–Kier alpha value is -2.62. The number of aromatic carboxylic acids is 1. The van der Waals surface area contributed by atoms with Gasteiger partial charge in [-0.1, -0.05) is 43.7 Å². The molecule has 0 aliphatic rings. The van der Waals surface area contributed by atoms with Gasteiger partial charge in [0.25, 0.3) is 0 Å². The van der Waals surface area contributed by atoms with E-state index >= 15 is 0 Å². The van der Waals surface area contributed by atoms with Crippen molar-refractivity contribution in [2.45, 2.75) is 32.6 Å². The maximum absolute atomic E-state index is 12.5. The number of ketones is 1. The molecule has 0 aliphatic carbocycles. The predicted octanol–water partition coefficient (Wildman–Crippen LogP) is 4.16. The molecule has 0 saturated carbocycles. The topological polar surface area (TPSA) is 63.6 Å². The lowest BCUT2D eigenvalue weighted by molar-refractivity contribution is 0.0692. The largest absolute Gasteiger partial charge is 0.496 e. The Balaban J connectivity index is 2.22. The summed E-state index contributed by atoms with van der Waals surface area (Å²) in [5.41, 5.74) is 2.21. The Morgan fingerprint density at radius 3 is 2.42 bits per heavy atom. The van der Waals surface area contributed by atoms with Gasteiger partial charge in [0.1, 0.15) is 5.75 Å². The lowest BCUT2D eigenvalue weighted by atomic mass is 9.97. The third-order valence-electron chi connectivity index (χ3n) is 3.97. The first kappa shape index (κ1) is 17.7. The van der Waals surface area contributed by atoms with Gasteiger partial charge in [0.2, 0.25) is 0 Å². The number of methoxy groups -OCH3 is 1. The first-order valence-electron chi connectivity index (χ1n) is 8.08. The Kier molecular flexibility index (Phi) is 6.13. The van der Waals surface area contributed by atoms with Crippen LogP contribution in [0, 0.1) is 0 Å². The molecular formula is C20H22O4. The van der Waals surface area contributed by atoms with Crippen molar-refractivity contribution in [3.05, 3.63) is 64.7 Å². The summed E-state index contributed by atoms with van der Waals surface area (Å²) in [5.74, 6) is -0.525. The molecule has 0 amide bonds. The summed E-state index contributed by atoms with van der Waals surface area (Å²) in [6, 6.07) is 12.1. The normalized spacial score (nSPS) is 10.4. The molecule has 0 saturated heterocycles. The summed E-state index contributed by atoms with van der Waals surface area (Å²) in [6.45, 7) is 2.14. The molecule has 0 atom stereocenters. The maximum Gasteiger partial charge on any atom is 0.336 e. The second-order valence-corrected chi connectivity index (χ2v) is 5.70. The molecule has 24 heavy (non-hydrogen) atoms. The van der Waals surface area contributed by atoms with Crippen molar-refractivity contribution in [2.75, 3.05) is 7.11 Å². The van der Waals surface area contributed by atoms with Crippen LogP contribution < -0.4 is 4.74 Å². The van der Waals surface area contributed by atoms with Gasteiger partial charge in [-0.15, -0.1) is 0 Å². The summed E-state index contributed by atoms with van der Waals surface area (Å²) in [4.78, 5) is 23.7. The lowest BCUT2D eigenvalue weighted by Crippen LogP contribution is -2.10. The fourth-order valence-corrected chi connectivity index (χ4v) is 2.67. The molecule has 0 heterocycles. The van der Waals surface area contributed by atoms with Crippen LogP contribution in [0.5, 0.6) is 5.75 Å². The number of ether oxygens (including phenoxy) is 1. The number of aryl methyl sites for hydroxylation is 1. The van der Waals surface area contributed by atoms with E-state index in [0.717, 1.165) is 36.1 Å². The fraction of sp³-hybridized carbons (Fsp3) is 0.300. The number of Topliss-reactive ketones (excluding diaryl/α,β-unsaturated/α-hetero) is 1. The van der Waals surface area contributed by atoms with Crippen LogP contribution in [0.15, 0.2) is 42.5 Å². The van der Waals surface area contributed by atoms with Crippen LogP contribution in [-0.2, 0) is 12.8 Å². The molecule has 2 aromatic rings. The fourth-order valence-electron chi connectivity index (χ4n) is 2.67. The van der Waals surface area contributed by atoms with E-state index in [4.69, 9.17) is 4.74 Å². The minimum absolute atomic E-state index is 0.0361. The number of carboxylic acid groups (broad SMARTS) is 1. The van der Waals surface area contributed by atoms with Crippen molar-refractivity contribution in [2.24, 2.45) is 0 Å². The first-order chi connectivity index (χ1) is 11.6. The Morgan fingerprint density at radius 2 is 1.79 bits per heavy atom. The van der Waals surface area contributed by atoms with Gasteiger partial charge in [0, 0.05) is 12.0 Å². The molecule has 0 unspecified atom stereocenters. The molecule has 0 radical (unpaired) electrons. The molecular weight excluding hydrogens is 304 g/mol. The third-order valence-corrected chi connectivity index (χ3v) is 3.97. The van der Waals surface area contributed by atoms with Crippen molar-refractivity contribution in [3.8, 4) is 5.75 Å². The van der Waals surface area contributed by atoms with Crippen LogP contribution >= 0.6 is 0 Å². The Morgan fingerprint density at radius 1 is 1.08 bits per heavy atom. The Bertz CT molecular complexity index is 734.